The third-order valence-corrected chi connectivity index (χ3v) is 3.43. The second-order valence-electron chi connectivity index (χ2n) is 4.61. The Morgan fingerprint density at radius 1 is 1.65 bits per heavy atom. The Labute approximate surface area is 101 Å². The highest BCUT2D eigenvalue weighted by atomic mass is 16.4. The normalized spacial score (nSPS) is 20.6. The van der Waals surface area contributed by atoms with Gasteiger partial charge in [0.05, 0.1) is 0 Å². The van der Waals surface area contributed by atoms with Crippen molar-refractivity contribution in [3.63, 3.8) is 0 Å². The van der Waals surface area contributed by atoms with Crippen LogP contribution in [-0.4, -0.2) is 34.6 Å². The molecule has 1 aromatic rings. The molecule has 2 heterocycles. The van der Waals surface area contributed by atoms with E-state index in [0.717, 1.165) is 18.5 Å². The van der Waals surface area contributed by atoms with Crippen LogP contribution in [0.25, 0.3) is 0 Å². The van der Waals surface area contributed by atoms with Gasteiger partial charge in [0.2, 0.25) is 0 Å². The van der Waals surface area contributed by atoms with Crippen molar-refractivity contribution in [1.29, 1.82) is 0 Å². The molecule has 1 N–H and O–H groups in total. The lowest BCUT2D eigenvalue weighted by atomic mass is 9.98. The Morgan fingerprint density at radius 3 is 3.12 bits per heavy atom. The van der Waals surface area contributed by atoms with Crippen molar-refractivity contribution >= 4 is 5.97 Å². The van der Waals surface area contributed by atoms with Gasteiger partial charge in [0.25, 0.3) is 0 Å². The Kier molecular flexibility index (Phi) is 3.74. The molecule has 1 fully saturated rings. The number of hydrogen-bond acceptors (Lipinski definition) is 3. The fourth-order valence-electron chi connectivity index (χ4n) is 2.51. The molecule has 0 unspecified atom stereocenters. The van der Waals surface area contributed by atoms with Gasteiger partial charge in [-0.2, -0.15) is 0 Å². The van der Waals surface area contributed by atoms with Crippen LogP contribution in [0.4, 0.5) is 0 Å². The Balaban J connectivity index is 2.18. The second kappa shape index (κ2) is 5.27. The Bertz CT molecular complexity index is 406. The number of carboxylic acids is 1. The number of likely N-dealkylation sites (tertiary alicyclic amines) is 1. The van der Waals surface area contributed by atoms with Crippen molar-refractivity contribution < 1.29 is 9.90 Å². The highest BCUT2D eigenvalue weighted by Gasteiger charge is 2.24. The third-order valence-electron chi connectivity index (χ3n) is 3.43. The molecule has 4 heteroatoms. The predicted molar refractivity (Wildman–Crippen MR) is 64.8 cm³/mol. The van der Waals surface area contributed by atoms with Crippen LogP contribution < -0.4 is 0 Å². The second-order valence-corrected chi connectivity index (χ2v) is 4.61. The maximum Gasteiger partial charge on any atom is 0.303 e. The van der Waals surface area contributed by atoms with Gasteiger partial charge in [0, 0.05) is 24.9 Å². The van der Waals surface area contributed by atoms with E-state index < -0.39 is 5.97 Å². The summed E-state index contributed by atoms with van der Waals surface area (Å²) in [5.74, 6) is -0.743. The van der Waals surface area contributed by atoms with Crippen LogP contribution >= 0.6 is 0 Å². The third kappa shape index (κ3) is 2.82. The van der Waals surface area contributed by atoms with Crippen LogP contribution in [0.1, 0.15) is 36.4 Å². The highest BCUT2D eigenvalue weighted by molar-refractivity contribution is 5.67. The number of nitrogens with zero attached hydrogens (tertiary/aromatic N) is 2. The lowest BCUT2D eigenvalue weighted by Gasteiger charge is -2.22. The van der Waals surface area contributed by atoms with Gasteiger partial charge >= 0.3 is 5.97 Å². The van der Waals surface area contributed by atoms with Crippen LogP contribution in [0.3, 0.4) is 0 Å². The van der Waals surface area contributed by atoms with Gasteiger partial charge in [-0.3, -0.25) is 14.7 Å². The summed E-state index contributed by atoms with van der Waals surface area (Å²) in [4.78, 5) is 17.1. The van der Waals surface area contributed by atoms with E-state index in [2.05, 4.69) is 16.9 Å². The van der Waals surface area contributed by atoms with E-state index in [1.165, 1.54) is 12.0 Å². The van der Waals surface area contributed by atoms with Gasteiger partial charge in [0.15, 0.2) is 0 Å². The van der Waals surface area contributed by atoms with Crippen molar-refractivity contribution in [2.24, 2.45) is 0 Å². The molecule has 0 amide bonds. The van der Waals surface area contributed by atoms with Gasteiger partial charge in [-0.15, -0.1) is 0 Å². The fourth-order valence-corrected chi connectivity index (χ4v) is 2.51. The smallest absolute Gasteiger partial charge is 0.303 e. The zero-order valence-electron chi connectivity index (χ0n) is 10.1. The van der Waals surface area contributed by atoms with Crippen LogP contribution in [0, 0.1) is 0 Å². The molecular weight excluding hydrogens is 216 g/mol. The van der Waals surface area contributed by atoms with Crippen molar-refractivity contribution in [2.45, 2.75) is 31.7 Å². The van der Waals surface area contributed by atoms with Gasteiger partial charge in [-0.25, -0.2) is 0 Å². The number of hydrogen-bond donors (Lipinski definition) is 1. The maximum atomic E-state index is 10.6. The quantitative estimate of drug-likeness (QED) is 0.864. The van der Waals surface area contributed by atoms with E-state index >= 15 is 0 Å². The van der Waals surface area contributed by atoms with E-state index in [0.29, 0.717) is 12.5 Å². The summed E-state index contributed by atoms with van der Waals surface area (Å²) in [5.41, 5.74) is 2.33. The van der Waals surface area contributed by atoms with E-state index in [4.69, 9.17) is 5.11 Å². The van der Waals surface area contributed by atoms with Crippen molar-refractivity contribution in [3.8, 4) is 0 Å². The van der Waals surface area contributed by atoms with Crippen LogP contribution in [0.2, 0.25) is 0 Å². The first-order valence-electron chi connectivity index (χ1n) is 6.03. The van der Waals surface area contributed by atoms with Gasteiger partial charge in [-0.05, 0) is 50.0 Å². The monoisotopic (exact) mass is 234 g/mol. The fraction of sp³-hybridized carbons (Fsp3) is 0.538. The van der Waals surface area contributed by atoms with Gasteiger partial charge < -0.3 is 5.11 Å². The number of aryl methyl sites for hydroxylation is 1. The topological polar surface area (TPSA) is 53.4 Å². The minimum Gasteiger partial charge on any atom is -0.481 e. The molecule has 1 aliphatic rings. The molecule has 1 saturated heterocycles. The minimum atomic E-state index is -0.743. The first kappa shape index (κ1) is 12.0. The standard InChI is InChI=1S/C13H18N2O2/c1-15-8-2-3-12(15)11-9-14-7-6-10(11)4-5-13(16)17/h6-7,9,12H,2-5,8H2,1H3,(H,16,17)/t12-/m0/s1. The minimum absolute atomic E-state index is 0.188. The molecule has 1 aromatic heterocycles. The van der Waals surface area contributed by atoms with E-state index in [9.17, 15) is 4.79 Å². The molecule has 0 saturated carbocycles. The average Bonchev–Trinajstić information content (AvgIpc) is 2.73. The number of carboxylic acid groups (broad SMARTS) is 1. The molecule has 17 heavy (non-hydrogen) atoms. The summed E-state index contributed by atoms with van der Waals surface area (Å²) >= 11 is 0. The Morgan fingerprint density at radius 2 is 2.47 bits per heavy atom. The van der Waals surface area contributed by atoms with E-state index in [-0.39, 0.29) is 6.42 Å². The van der Waals surface area contributed by atoms with Gasteiger partial charge in [0.1, 0.15) is 0 Å². The molecular formula is C13H18N2O2. The summed E-state index contributed by atoms with van der Waals surface area (Å²) < 4.78 is 0. The zero-order valence-corrected chi connectivity index (χ0v) is 10.1. The molecule has 92 valence electrons. The molecule has 0 bridgehead atoms. The number of carbonyl (C=O) groups is 1. The molecule has 0 aliphatic carbocycles. The summed E-state index contributed by atoms with van der Waals surface area (Å²) in [5, 5.41) is 8.76. The van der Waals surface area contributed by atoms with E-state index in [1.807, 2.05) is 12.3 Å². The first-order chi connectivity index (χ1) is 8.18. The SMILES string of the molecule is CN1CCC[C@H]1c1cnccc1CCC(=O)O. The first-order valence-corrected chi connectivity index (χ1v) is 6.03. The molecule has 1 atom stereocenters. The molecule has 0 radical (unpaired) electrons. The zero-order chi connectivity index (χ0) is 12.3. The van der Waals surface area contributed by atoms with E-state index in [1.54, 1.807) is 6.20 Å². The van der Waals surface area contributed by atoms with Crippen LogP contribution in [-0.2, 0) is 11.2 Å². The number of pyridine rings is 1. The molecule has 2 rings (SSSR count). The largest absolute Gasteiger partial charge is 0.481 e. The van der Waals surface area contributed by atoms with Crippen molar-refractivity contribution in [1.82, 2.24) is 9.88 Å². The average molecular weight is 234 g/mol. The molecule has 0 spiro atoms. The van der Waals surface area contributed by atoms with Crippen LogP contribution in [0.15, 0.2) is 18.5 Å². The lowest BCUT2D eigenvalue weighted by molar-refractivity contribution is -0.136. The molecule has 0 aromatic carbocycles. The summed E-state index contributed by atoms with van der Waals surface area (Å²) in [7, 11) is 2.12. The Hall–Kier alpha value is -1.42. The predicted octanol–water partition coefficient (Wildman–Crippen LogP) is 1.87. The number of rotatable bonds is 4. The van der Waals surface area contributed by atoms with Gasteiger partial charge in [-0.1, -0.05) is 0 Å². The molecule has 1 aliphatic heterocycles. The van der Waals surface area contributed by atoms with Crippen molar-refractivity contribution in [2.75, 3.05) is 13.6 Å². The molecule has 4 nitrogen and oxygen atoms in total. The van der Waals surface area contributed by atoms with Crippen LogP contribution in [0.5, 0.6) is 0 Å². The number of aromatic nitrogens is 1. The summed E-state index contributed by atoms with van der Waals surface area (Å²) in [6.07, 6.45) is 6.76. The highest BCUT2D eigenvalue weighted by Crippen LogP contribution is 2.32. The lowest BCUT2D eigenvalue weighted by Crippen LogP contribution is -2.19. The summed E-state index contributed by atoms with van der Waals surface area (Å²) in [6.45, 7) is 1.11. The number of aliphatic carboxylic acids is 1. The van der Waals surface area contributed by atoms with Crippen molar-refractivity contribution in [3.05, 3.63) is 29.6 Å². The maximum absolute atomic E-state index is 10.6. The summed E-state index contributed by atoms with van der Waals surface area (Å²) in [6, 6.07) is 2.36.